The molecule has 0 heterocycles. The molecule has 0 rings (SSSR count). The van der Waals surface area contributed by atoms with Crippen LogP contribution in [0.15, 0.2) is 12.7 Å². The van der Waals surface area contributed by atoms with Crippen LogP contribution in [0.4, 0.5) is 0 Å². The van der Waals surface area contributed by atoms with E-state index in [1.165, 1.54) is 12.8 Å². The van der Waals surface area contributed by atoms with Crippen molar-refractivity contribution in [3.63, 3.8) is 0 Å². The van der Waals surface area contributed by atoms with Gasteiger partial charge in [-0.05, 0) is 25.7 Å². The van der Waals surface area contributed by atoms with Gasteiger partial charge in [-0.2, -0.15) is 0 Å². The van der Waals surface area contributed by atoms with E-state index < -0.39 is 6.29 Å². The molecule has 0 radical (unpaired) electrons. The van der Waals surface area contributed by atoms with Crippen molar-refractivity contribution in [2.75, 3.05) is 0 Å². The highest BCUT2D eigenvalue weighted by Gasteiger charge is 1.95. The number of unbranched alkanes of at least 4 members (excludes halogenated alkanes) is 4. The minimum Gasteiger partial charge on any atom is -0.368 e. The minimum absolute atomic E-state index is 0.508. The van der Waals surface area contributed by atoms with Crippen LogP contribution in [0.3, 0.4) is 0 Å². The van der Waals surface area contributed by atoms with Gasteiger partial charge in [-0.1, -0.05) is 18.9 Å². The summed E-state index contributed by atoms with van der Waals surface area (Å²) in [5, 5.41) is 17.0. The summed E-state index contributed by atoms with van der Waals surface area (Å²) in [6.45, 7) is 3.63. The maximum Gasteiger partial charge on any atom is 0.151 e. The van der Waals surface area contributed by atoms with E-state index in [-0.39, 0.29) is 0 Å². The van der Waals surface area contributed by atoms with Gasteiger partial charge in [0.25, 0.3) is 0 Å². The Labute approximate surface area is 68.6 Å². The molecule has 2 N–H and O–H groups in total. The fraction of sp³-hybridized carbons (Fsp3) is 0.778. The molecule has 0 aliphatic heterocycles. The molecule has 0 atom stereocenters. The average molecular weight is 158 g/mol. The summed E-state index contributed by atoms with van der Waals surface area (Å²) in [6, 6.07) is 0. The highest BCUT2D eigenvalue weighted by atomic mass is 16.5. The van der Waals surface area contributed by atoms with E-state index in [2.05, 4.69) is 6.58 Å². The molecule has 0 aliphatic rings. The Hall–Kier alpha value is -0.340. The van der Waals surface area contributed by atoms with E-state index >= 15 is 0 Å². The van der Waals surface area contributed by atoms with E-state index in [0.717, 1.165) is 19.3 Å². The third-order valence-corrected chi connectivity index (χ3v) is 1.62. The van der Waals surface area contributed by atoms with Crippen LogP contribution >= 0.6 is 0 Å². The Kier molecular flexibility index (Phi) is 7.52. The normalized spacial score (nSPS) is 10.5. The number of aliphatic hydroxyl groups is 2. The van der Waals surface area contributed by atoms with E-state index in [0.29, 0.717) is 6.42 Å². The van der Waals surface area contributed by atoms with Crippen LogP contribution in [0.2, 0.25) is 0 Å². The maximum absolute atomic E-state index is 8.49. The van der Waals surface area contributed by atoms with Gasteiger partial charge in [0.1, 0.15) is 0 Å². The number of hydrogen-bond donors (Lipinski definition) is 2. The zero-order valence-electron chi connectivity index (χ0n) is 7.00. The van der Waals surface area contributed by atoms with Gasteiger partial charge in [0.2, 0.25) is 0 Å². The lowest BCUT2D eigenvalue weighted by atomic mass is 10.1. The Morgan fingerprint density at radius 1 is 1.09 bits per heavy atom. The van der Waals surface area contributed by atoms with Crippen LogP contribution in [-0.2, 0) is 0 Å². The molecule has 0 fully saturated rings. The third kappa shape index (κ3) is 9.66. The summed E-state index contributed by atoms with van der Waals surface area (Å²) >= 11 is 0. The average Bonchev–Trinajstić information content (AvgIpc) is 1.96. The van der Waals surface area contributed by atoms with Gasteiger partial charge in [-0.15, -0.1) is 6.58 Å². The molecule has 0 spiro atoms. The molecule has 0 aromatic heterocycles. The van der Waals surface area contributed by atoms with Crippen LogP contribution in [0, 0.1) is 0 Å². The molecular weight excluding hydrogens is 140 g/mol. The third-order valence-electron chi connectivity index (χ3n) is 1.62. The van der Waals surface area contributed by atoms with Gasteiger partial charge in [-0.3, -0.25) is 0 Å². The highest BCUT2D eigenvalue weighted by molar-refractivity contribution is 4.65. The van der Waals surface area contributed by atoms with Gasteiger partial charge in [-0.25, -0.2) is 0 Å². The Morgan fingerprint density at radius 3 is 2.27 bits per heavy atom. The summed E-state index contributed by atoms with van der Waals surface area (Å²) in [5.41, 5.74) is 0. The number of allylic oxidation sites excluding steroid dienone is 1. The summed E-state index contributed by atoms with van der Waals surface area (Å²) in [6.07, 6.45) is 6.72. The van der Waals surface area contributed by atoms with Crippen molar-refractivity contribution >= 4 is 0 Å². The summed E-state index contributed by atoms with van der Waals surface area (Å²) in [7, 11) is 0. The number of hydrogen-bond acceptors (Lipinski definition) is 2. The van der Waals surface area contributed by atoms with Crippen LogP contribution in [0.1, 0.15) is 38.5 Å². The molecule has 66 valence electrons. The zero-order valence-corrected chi connectivity index (χ0v) is 7.00. The van der Waals surface area contributed by atoms with Gasteiger partial charge in [0.15, 0.2) is 6.29 Å². The SMILES string of the molecule is C=CCCCCCCC(O)O. The molecular formula is C9H18O2. The Morgan fingerprint density at radius 2 is 1.73 bits per heavy atom. The van der Waals surface area contributed by atoms with Crippen LogP contribution in [0.5, 0.6) is 0 Å². The lowest BCUT2D eigenvalue weighted by Crippen LogP contribution is -2.02. The standard InChI is InChI=1S/C9H18O2/c1-2-3-4-5-6-7-8-9(10)11/h2,9-11H,1,3-8H2. The number of rotatable bonds is 7. The predicted molar refractivity (Wildman–Crippen MR) is 46.1 cm³/mol. The minimum atomic E-state index is -1.12. The van der Waals surface area contributed by atoms with Crippen LogP contribution in [0.25, 0.3) is 0 Å². The summed E-state index contributed by atoms with van der Waals surface area (Å²) in [4.78, 5) is 0. The van der Waals surface area contributed by atoms with Crippen LogP contribution < -0.4 is 0 Å². The highest BCUT2D eigenvalue weighted by Crippen LogP contribution is 2.06. The molecule has 2 nitrogen and oxygen atoms in total. The van der Waals surface area contributed by atoms with Crippen molar-refractivity contribution < 1.29 is 10.2 Å². The molecule has 0 bridgehead atoms. The molecule has 0 aliphatic carbocycles. The van der Waals surface area contributed by atoms with E-state index in [1.807, 2.05) is 6.08 Å². The fourth-order valence-corrected chi connectivity index (χ4v) is 0.969. The fourth-order valence-electron chi connectivity index (χ4n) is 0.969. The molecule has 0 aromatic rings. The number of aliphatic hydroxyl groups excluding tert-OH is 1. The van der Waals surface area contributed by atoms with Crippen molar-refractivity contribution in [3.05, 3.63) is 12.7 Å². The first kappa shape index (κ1) is 10.7. The zero-order chi connectivity index (χ0) is 8.53. The van der Waals surface area contributed by atoms with Crippen molar-refractivity contribution in [3.8, 4) is 0 Å². The second-order valence-corrected chi connectivity index (χ2v) is 2.76. The van der Waals surface area contributed by atoms with E-state index in [4.69, 9.17) is 10.2 Å². The van der Waals surface area contributed by atoms with Crippen molar-refractivity contribution in [1.29, 1.82) is 0 Å². The maximum atomic E-state index is 8.49. The van der Waals surface area contributed by atoms with Crippen molar-refractivity contribution in [2.45, 2.75) is 44.8 Å². The predicted octanol–water partition coefficient (Wildman–Crippen LogP) is 1.82. The lowest BCUT2D eigenvalue weighted by Gasteiger charge is -2.01. The second-order valence-electron chi connectivity index (χ2n) is 2.76. The first-order valence-electron chi connectivity index (χ1n) is 4.24. The second kappa shape index (κ2) is 7.76. The first-order chi connectivity index (χ1) is 5.27. The van der Waals surface area contributed by atoms with Crippen molar-refractivity contribution in [1.82, 2.24) is 0 Å². The quantitative estimate of drug-likeness (QED) is 0.337. The van der Waals surface area contributed by atoms with Crippen molar-refractivity contribution in [2.24, 2.45) is 0 Å². The van der Waals surface area contributed by atoms with E-state index in [1.54, 1.807) is 0 Å². The largest absolute Gasteiger partial charge is 0.368 e. The monoisotopic (exact) mass is 158 g/mol. The summed E-state index contributed by atoms with van der Waals surface area (Å²) in [5.74, 6) is 0. The molecule has 0 aromatic carbocycles. The van der Waals surface area contributed by atoms with E-state index in [9.17, 15) is 0 Å². The van der Waals surface area contributed by atoms with Gasteiger partial charge in [0.05, 0.1) is 0 Å². The van der Waals surface area contributed by atoms with Crippen LogP contribution in [-0.4, -0.2) is 16.5 Å². The van der Waals surface area contributed by atoms with Gasteiger partial charge >= 0.3 is 0 Å². The lowest BCUT2D eigenvalue weighted by molar-refractivity contribution is -0.0465. The molecule has 0 saturated carbocycles. The Bertz CT molecular complexity index is 89.6. The molecule has 0 saturated heterocycles. The van der Waals surface area contributed by atoms with Gasteiger partial charge in [0, 0.05) is 0 Å². The molecule has 2 heteroatoms. The first-order valence-corrected chi connectivity index (χ1v) is 4.24. The van der Waals surface area contributed by atoms with Gasteiger partial charge < -0.3 is 10.2 Å². The smallest absolute Gasteiger partial charge is 0.151 e. The summed E-state index contributed by atoms with van der Waals surface area (Å²) < 4.78 is 0. The topological polar surface area (TPSA) is 40.5 Å². The Balaban J connectivity index is 2.85. The molecule has 0 amide bonds. The molecule has 0 unspecified atom stereocenters. The molecule has 11 heavy (non-hydrogen) atoms.